The zero-order valence-corrected chi connectivity index (χ0v) is 11.6. The molecule has 2 aromatic rings. The average Bonchev–Trinajstić information content (AvgIpc) is 2.78. The molecule has 0 saturated heterocycles. The van der Waals surface area contributed by atoms with E-state index in [-0.39, 0.29) is 0 Å². The van der Waals surface area contributed by atoms with Gasteiger partial charge < -0.3 is 5.11 Å². The lowest BCUT2D eigenvalue weighted by Gasteiger charge is -2.10. The van der Waals surface area contributed by atoms with Crippen molar-refractivity contribution in [1.29, 1.82) is 0 Å². The van der Waals surface area contributed by atoms with Gasteiger partial charge in [-0.25, -0.2) is 0 Å². The van der Waals surface area contributed by atoms with E-state index in [2.05, 4.69) is 5.10 Å². The van der Waals surface area contributed by atoms with E-state index in [1.54, 1.807) is 23.1 Å². The summed E-state index contributed by atoms with van der Waals surface area (Å²) in [6.07, 6.45) is -0.00236. The van der Waals surface area contributed by atoms with E-state index in [0.29, 0.717) is 11.6 Å². The lowest BCUT2D eigenvalue weighted by molar-refractivity contribution is 0.178. The minimum atomic E-state index is -0.512. The molecule has 0 radical (unpaired) electrons. The van der Waals surface area contributed by atoms with Crippen molar-refractivity contribution in [2.75, 3.05) is 0 Å². The van der Waals surface area contributed by atoms with Crippen LogP contribution in [0.4, 0.5) is 0 Å². The molecule has 0 saturated carbocycles. The van der Waals surface area contributed by atoms with E-state index in [9.17, 15) is 5.11 Å². The normalized spacial score (nSPS) is 13.0. The van der Waals surface area contributed by atoms with Gasteiger partial charge in [0.1, 0.15) is 5.15 Å². The molecule has 5 heteroatoms. The summed E-state index contributed by atoms with van der Waals surface area (Å²) < 4.78 is 1.64. The molecule has 0 fully saturated rings. The molecule has 0 bridgehead atoms. The van der Waals surface area contributed by atoms with Crippen molar-refractivity contribution in [3.05, 3.63) is 38.3 Å². The van der Waals surface area contributed by atoms with E-state index in [1.807, 2.05) is 24.6 Å². The Labute approximate surface area is 110 Å². The van der Waals surface area contributed by atoms with E-state index >= 15 is 0 Å². The first kappa shape index (κ1) is 12.6. The van der Waals surface area contributed by atoms with Gasteiger partial charge in [-0.15, -0.1) is 0 Å². The van der Waals surface area contributed by atoms with Crippen molar-refractivity contribution < 1.29 is 5.11 Å². The number of halogens is 1. The maximum Gasteiger partial charge on any atom is 0.130 e. The zero-order valence-electron chi connectivity index (χ0n) is 10.1. The van der Waals surface area contributed by atoms with Crippen LogP contribution in [0.25, 0.3) is 0 Å². The van der Waals surface area contributed by atoms with Crippen molar-refractivity contribution in [2.24, 2.45) is 7.05 Å². The quantitative estimate of drug-likeness (QED) is 0.931. The third kappa shape index (κ3) is 2.39. The van der Waals surface area contributed by atoms with E-state index < -0.39 is 6.10 Å². The number of aliphatic hydroxyl groups excluding tert-OH is 1. The van der Waals surface area contributed by atoms with Gasteiger partial charge in [-0.2, -0.15) is 16.4 Å². The minimum absolute atomic E-state index is 0.510. The Balaban J connectivity index is 2.24. The first-order chi connectivity index (χ1) is 8.00. The molecule has 0 aromatic carbocycles. The second-order valence-corrected chi connectivity index (χ2v) is 5.31. The van der Waals surface area contributed by atoms with Crippen molar-refractivity contribution in [1.82, 2.24) is 9.78 Å². The second kappa shape index (κ2) is 4.80. The summed E-state index contributed by atoms with van der Waals surface area (Å²) in [5, 5.41) is 19.1. The summed E-state index contributed by atoms with van der Waals surface area (Å²) in [6.45, 7) is 3.92. The Kier molecular flexibility index (Phi) is 3.56. The largest absolute Gasteiger partial charge is 0.388 e. The number of nitrogens with zero attached hydrogens (tertiary/aromatic N) is 2. The first-order valence-electron chi connectivity index (χ1n) is 5.39. The summed E-state index contributed by atoms with van der Waals surface area (Å²) in [5.74, 6) is 0. The van der Waals surface area contributed by atoms with Crippen LogP contribution in [0.1, 0.15) is 28.5 Å². The van der Waals surface area contributed by atoms with E-state index in [0.717, 1.165) is 22.4 Å². The molecule has 17 heavy (non-hydrogen) atoms. The average molecular weight is 271 g/mol. The van der Waals surface area contributed by atoms with Crippen LogP contribution in [0.5, 0.6) is 0 Å². The monoisotopic (exact) mass is 270 g/mol. The van der Waals surface area contributed by atoms with Crippen LogP contribution in [0.15, 0.2) is 10.8 Å². The number of aryl methyl sites for hydroxylation is 3. The van der Waals surface area contributed by atoms with Crippen molar-refractivity contribution in [2.45, 2.75) is 26.4 Å². The summed E-state index contributed by atoms with van der Waals surface area (Å²) in [7, 11) is 1.81. The van der Waals surface area contributed by atoms with Gasteiger partial charge in [0.05, 0.1) is 11.8 Å². The predicted molar refractivity (Wildman–Crippen MR) is 70.7 cm³/mol. The van der Waals surface area contributed by atoms with E-state index in [4.69, 9.17) is 11.6 Å². The van der Waals surface area contributed by atoms with Crippen LogP contribution in [0.3, 0.4) is 0 Å². The second-order valence-electron chi connectivity index (χ2n) is 4.21. The third-order valence-corrected chi connectivity index (χ3v) is 4.27. The third-order valence-electron chi connectivity index (χ3n) is 2.92. The molecule has 1 atom stereocenters. The standard InChI is InChI=1S/C12H15ClN2OS/c1-7-5-17-6-10(7)11(16)4-9-8(2)14-15(3)12(9)13/h5-6,11,16H,4H2,1-3H3. The van der Waals surface area contributed by atoms with Gasteiger partial charge >= 0.3 is 0 Å². The fraction of sp³-hybridized carbons (Fsp3) is 0.417. The van der Waals surface area contributed by atoms with Crippen LogP contribution in [0.2, 0.25) is 5.15 Å². The molecule has 0 aliphatic heterocycles. The molecule has 92 valence electrons. The smallest absolute Gasteiger partial charge is 0.130 e. The van der Waals surface area contributed by atoms with Gasteiger partial charge in [0.15, 0.2) is 0 Å². The number of hydrogen-bond acceptors (Lipinski definition) is 3. The fourth-order valence-electron chi connectivity index (χ4n) is 1.92. The number of thiophene rings is 1. The van der Waals surface area contributed by atoms with Crippen LogP contribution in [0, 0.1) is 13.8 Å². The van der Waals surface area contributed by atoms with Crippen molar-refractivity contribution in [3.63, 3.8) is 0 Å². The number of aromatic nitrogens is 2. The van der Waals surface area contributed by atoms with Crippen LogP contribution >= 0.6 is 22.9 Å². The number of hydrogen-bond donors (Lipinski definition) is 1. The maximum atomic E-state index is 10.2. The lowest BCUT2D eigenvalue weighted by Crippen LogP contribution is -2.03. The highest BCUT2D eigenvalue weighted by Crippen LogP contribution is 2.28. The molecule has 0 aliphatic carbocycles. The van der Waals surface area contributed by atoms with Gasteiger partial charge in [0.25, 0.3) is 0 Å². The zero-order chi connectivity index (χ0) is 12.6. The van der Waals surface area contributed by atoms with Crippen LogP contribution in [-0.4, -0.2) is 14.9 Å². The Bertz CT molecular complexity index is 533. The Morgan fingerprint density at radius 3 is 2.65 bits per heavy atom. The molecular weight excluding hydrogens is 256 g/mol. The minimum Gasteiger partial charge on any atom is -0.388 e. The summed E-state index contributed by atoms with van der Waals surface area (Å²) >= 11 is 7.76. The van der Waals surface area contributed by atoms with Gasteiger partial charge in [-0.05, 0) is 35.7 Å². The molecule has 2 rings (SSSR count). The molecule has 2 aromatic heterocycles. The fourth-order valence-corrected chi connectivity index (χ4v) is 3.07. The predicted octanol–water partition coefficient (Wildman–Crippen LogP) is 3.03. The van der Waals surface area contributed by atoms with Crippen molar-refractivity contribution >= 4 is 22.9 Å². The Morgan fingerprint density at radius 2 is 2.18 bits per heavy atom. The highest BCUT2D eigenvalue weighted by molar-refractivity contribution is 7.08. The highest BCUT2D eigenvalue weighted by atomic mass is 35.5. The molecule has 0 aliphatic rings. The molecular formula is C12H15ClN2OS. The molecule has 0 spiro atoms. The van der Waals surface area contributed by atoms with Gasteiger partial charge in [-0.1, -0.05) is 11.6 Å². The topological polar surface area (TPSA) is 38.1 Å². The van der Waals surface area contributed by atoms with Crippen molar-refractivity contribution in [3.8, 4) is 0 Å². The SMILES string of the molecule is Cc1cscc1C(O)Cc1c(C)nn(C)c1Cl. The first-order valence-corrected chi connectivity index (χ1v) is 6.71. The maximum absolute atomic E-state index is 10.2. The lowest BCUT2D eigenvalue weighted by atomic mass is 10.0. The van der Waals surface area contributed by atoms with Gasteiger partial charge in [0, 0.05) is 19.0 Å². The molecule has 1 unspecified atom stereocenters. The Hall–Kier alpha value is -0.840. The summed E-state index contributed by atoms with van der Waals surface area (Å²) in [6, 6.07) is 0. The molecule has 3 nitrogen and oxygen atoms in total. The number of rotatable bonds is 3. The highest BCUT2D eigenvalue weighted by Gasteiger charge is 2.18. The molecule has 2 heterocycles. The van der Waals surface area contributed by atoms with Gasteiger partial charge in [0.2, 0.25) is 0 Å². The van der Waals surface area contributed by atoms with Gasteiger partial charge in [-0.3, -0.25) is 4.68 Å². The number of aliphatic hydroxyl groups is 1. The van der Waals surface area contributed by atoms with Crippen LogP contribution < -0.4 is 0 Å². The van der Waals surface area contributed by atoms with E-state index in [1.165, 1.54) is 0 Å². The summed E-state index contributed by atoms with van der Waals surface area (Å²) in [5.41, 5.74) is 3.91. The summed E-state index contributed by atoms with van der Waals surface area (Å²) in [4.78, 5) is 0. The molecule has 0 amide bonds. The molecule has 1 N–H and O–H groups in total. The Morgan fingerprint density at radius 1 is 1.47 bits per heavy atom. The van der Waals surface area contributed by atoms with Crippen LogP contribution in [-0.2, 0) is 13.5 Å².